The summed E-state index contributed by atoms with van der Waals surface area (Å²) in [5.41, 5.74) is 0. The van der Waals surface area contributed by atoms with Gasteiger partial charge in [0.25, 0.3) is 0 Å². The van der Waals surface area contributed by atoms with E-state index in [2.05, 4.69) is 0 Å². The first-order valence-corrected chi connectivity index (χ1v) is 3.22. The summed E-state index contributed by atoms with van der Waals surface area (Å²) in [5, 5.41) is 6.89. The molecule has 0 heterocycles. The van der Waals surface area contributed by atoms with E-state index < -0.39 is 18.5 Å². The Balaban J connectivity index is 0. The standard InChI is InChI=1S/BHO2.2O.W/c2-1-3;;;/h2H;;;. The van der Waals surface area contributed by atoms with Crippen LogP contribution in [0.5, 0.6) is 0 Å². The molecule has 0 aromatic heterocycles. The van der Waals surface area contributed by atoms with Gasteiger partial charge in [-0.1, -0.05) is 0 Å². The maximum atomic E-state index is 8.54. The van der Waals surface area contributed by atoms with E-state index >= 15 is 0 Å². The Labute approximate surface area is 43.0 Å². The zero-order valence-corrected chi connectivity index (χ0v) is 5.59. The Morgan fingerprint density at radius 1 is 1.50 bits per heavy atom. The molecule has 0 bridgehead atoms. The van der Waals surface area contributed by atoms with Crippen LogP contribution in [0.15, 0.2) is 0 Å². The van der Waals surface area contributed by atoms with E-state index in [0.717, 1.165) is 0 Å². The molecule has 6 heavy (non-hydrogen) atoms. The van der Waals surface area contributed by atoms with Crippen LogP contribution in [-0.2, 0) is 30.0 Å². The van der Waals surface area contributed by atoms with Crippen LogP contribution >= 0.6 is 0 Å². The zero-order valence-electron chi connectivity index (χ0n) is 2.66. The Bertz CT molecular complexity index is 52.6. The number of hydrogen-bond donors (Lipinski definition) is 1. The molecule has 34 valence electrons. The third-order valence-electron chi connectivity index (χ3n) is 0. The molecular weight excluding hydrogens is 259 g/mol. The summed E-state index contributed by atoms with van der Waals surface area (Å²) < 4.78 is 25.4. The summed E-state index contributed by atoms with van der Waals surface area (Å²) in [7, 11) is -0.250. The molecule has 0 aliphatic carbocycles. The molecular formula is HBO4W. The topological polar surface area (TPSA) is 71.4 Å². The Morgan fingerprint density at radius 2 is 1.50 bits per heavy atom. The normalized spacial score (nSPS) is 3.33. The van der Waals surface area contributed by atoms with Crippen LogP contribution in [0.2, 0.25) is 0 Å². The van der Waals surface area contributed by atoms with Crippen molar-refractivity contribution < 1.29 is 35.0 Å². The van der Waals surface area contributed by atoms with E-state index in [1.54, 1.807) is 0 Å². The van der Waals surface area contributed by atoms with Gasteiger partial charge in [-0.3, -0.25) is 0 Å². The molecule has 0 aromatic rings. The van der Waals surface area contributed by atoms with Crippen LogP contribution in [0.1, 0.15) is 0 Å². The molecule has 0 unspecified atom stereocenters. The van der Waals surface area contributed by atoms with Crippen molar-refractivity contribution in [3.63, 3.8) is 0 Å². The minimum atomic E-state index is -2.25. The fourth-order valence-corrected chi connectivity index (χ4v) is 0. The summed E-state index contributed by atoms with van der Waals surface area (Å²) in [6.45, 7) is 0. The van der Waals surface area contributed by atoms with E-state index in [9.17, 15) is 0 Å². The van der Waals surface area contributed by atoms with E-state index in [1.165, 1.54) is 0 Å². The average Bonchev–Trinajstić information content (AvgIpc) is 1.39. The molecule has 1 N–H and O–H groups in total. The quantitative estimate of drug-likeness (QED) is 0.549. The van der Waals surface area contributed by atoms with E-state index in [1.807, 2.05) is 0 Å². The predicted octanol–water partition coefficient (Wildman–Crippen LogP) is -1.30. The third kappa shape index (κ3) is 15800. The van der Waals surface area contributed by atoms with Gasteiger partial charge >= 0.3 is 42.4 Å². The van der Waals surface area contributed by atoms with E-state index in [-0.39, 0.29) is 7.35 Å². The van der Waals surface area contributed by atoms with Crippen LogP contribution in [-0.4, -0.2) is 12.4 Å². The Morgan fingerprint density at radius 3 is 1.50 bits per heavy atom. The number of rotatable bonds is 0. The summed E-state index contributed by atoms with van der Waals surface area (Å²) in [6, 6.07) is 0. The second kappa shape index (κ2) is 20.3. The first kappa shape index (κ1) is 9.35. The van der Waals surface area contributed by atoms with Gasteiger partial charge in [-0.15, -0.1) is 0 Å². The van der Waals surface area contributed by atoms with Gasteiger partial charge in [0.05, 0.1) is 0 Å². The third-order valence-corrected chi connectivity index (χ3v) is 0. The van der Waals surface area contributed by atoms with Gasteiger partial charge in [0.15, 0.2) is 0 Å². The van der Waals surface area contributed by atoms with Crippen molar-refractivity contribution in [3.8, 4) is 0 Å². The van der Waals surface area contributed by atoms with Gasteiger partial charge < -0.3 is 0 Å². The number of hydrogen-bond acceptors (Lipinski definition) is 3. The van der Waals surface area contributed by atoms with Crippen LogP contribution in [0.25, 0.3) is 0 Å². The first-order valence-electron chi connectivity index (χ1n) is 0.827. The first-order chi connectivity index (χ1) is 2.83. The van der Waals surface area contributed by atoms with Crippen molar-refractivity contribution in [2.45, 2.75) is 0 Å². The summed E-state index contributed by atoms with van der Waals surface area (Å²) in [4.78, 5) is 0. The molecule has 0 aliphatic heterocycles. The second-order valence-corrected chi connectivity index (χ2v) is 0.662. The van der Waals surface area contributed by atoms with Crippen LogP contribution < -0.4 is 0 Å². The fraction of sp³-hybridized carbons (Fsp3) is 0. The molecule has 0 atom stereocenters. The zero-order chi connectivity index (χ0) is 5.41. The average molecular weight is 260 g/mol. The van der Waals surface area contributed by atoms with Crippen molar-refractivity contribution in [3.05, 3.63) is 0 Å². The summed E-state index contributed by atoms with van der Waals surface area (Å²) >= 11 is -2.25. The monoisotopic (exact) mass is 260 g/mol. The van der Waals surface area contributed by atoms with Crippen molar-refractivity contribution in [1.82, 2.24) is 0 Å². The van der Waals surface area contributed by atoms with Gasteiger partial charge in [-0.25, -0.2) is 0 Å². The second-order valence-electron chi connectivity index (χ2n) is 0.173. The molecule has 0 saturated heterocycles. The van der Waals surface area contributed by atoms with Crippen molar-refractivity contribution in [2.24, 2.45) is 0 Å². The SMILES string of the molecule is O=BO.[O]=[W]=[O]. The van der Waals surface area contributed by atoms with Crippen molar-refractivity contribution in [2.75, 3.05) is 0 Å². The Kier molecular flexibility index (Phi) is 31.6. The summed E-state index contributed by atoms with van der Waals surface area (Å²) in [5.74, 6) is 0. The molecule has 0 amide bonds. The fourth-order valence-electron chi connectivity index (χ4n) is 0. The van der Waals surface area contributed by atoms with Gasteiger partial charge in [0.2, 0.25) is 0 Å². The maximum absolute atomic E-state index is 8.54. The van der Waals surface area contributed by atoms with Gasteiger partial charge in [-0.2, -0.15) is 0 Å². The van der Waals surface area contributed by atoms with Gasteiger partial charge in [-0.05, 0) is 0 Å². The van der Waals surface area contributed by atoms with Crippen molar-refractivity contribution >= 4 is 7.35 Å². The van der Waals surface area contributed by atoms with Gasteiger partial charge in [0, 0.05) is 0 Å². The van der Waals surface area contributed by atoms with Crippen molar-refractivity contribution in [1.29, 1.82) is 0 Å². The van der Waals surface area contributed by atoms with Crippen LogP contribution in [0.3, 0.4) is 0 Å². The molecule has 0 fully saturated rings. The van der Waals surface area contributed by atoms with Gasteiger partial charge in [0.1, 0.15) is 0 Å². The minimum absolute atomic E-state index is 0.250. The molecule has 4 nitrogen and oxygen atoms in total. The van der Waals surface area contributed by atoms with Crippen LogP contribution in [0.4, 0.5) is 0 Å². The molecule has 0 saturated carbocycles. The van der Waals surface area contributed by atoms with E-state index in [4.69, 9.17) is 16.5 Å². The van der Waals surface area contributed by atoms with Crippen LogP contribution in [0, 0.1) is 0 Å². The molecule has 0 aliphatic rings. The molecule has 6 heteroatoms. The Hall–Kier alpha value is -0.0468. The molecule has 0 spiro atoms. The summed E-state index contributed by atoms with van der Waals surface area (Å²) in [6.07, 6.45) is 0. The predicted molar refractivity (Wildman–Crippen MR) is 10.0 cm³/mol. The van der Waals surface area contributed by atoms with E-state index in [0.29, 0.717) is 0 Å². The molecule has 0 rings (SSSR count). The molecule has 0 radical (unpaired) electrons. The molecule has 0 aromatic carbocycles.